The molecule has 0 saturated heterocycles. The van der Waals surface area contributed by atoms with E-state index in [0.29, 0.717) is 28.2 Å². The summed E-state index contributed by atoms with van der Waals surface area (Å²) in [6.45, 7) is 1.66. The zero-order valence-corrected chi connectivity index (χ0v) is 17.3. The van der Waals surface area contributed by atoms with Gasteiger partial charge in [0.25, 0.3) is 5.56 Å². The summed E-state index contributed by atoms with van der Waals surface area (Å²) in [4.78, 5) is 34.8. The maximum Gasteiger partial charge on any atom is 0.263 e. The number of carbonyl (C=O) groups excluding carboxylic acids is 1. The van der Waals surface area contributed by atoms with Crippen molar-refractivity contribution in [1.82, 2.24) is 14.5 Å². The molecule has 0 aliphatic heterocycles. The number of aromatic nitrogens is 3. The quantitative estimate of drug-likeness (QED) is 0.698. The topological polar surface area (TPSA) is 95.3 Å². The zero-order chi connectivity index (χ0) is 21.3. The third-order valence-corrected chi connectivity index (χ3v) is 5.50. The molecule has 30 heavy (non-hydrogen) atoms. The fourth-order valence-electron chi connectivity index (χ4n) is 3.75. The zero-order valence-electron chi connectivity index (χ0n) is 17.3. The number of nitrogens with zero attached hydrogens (tertiary/aromatic N) is 3. The molecule has 0 radical (unpaired) electrons. The van der Waals surface area contributed by atoms with Crippen LogP contribution in [0.25, 0.3) is 11.0 Å². The Balaban J connectivity index is 1.62. The molecule has 1 aliphatic carbocycles. The first-order chi connectivity index (χ1) is 14.5. The fourth-order valence-corrected chi connectivity index (χ4v) is 3.75. The molecule has 2 heterocycles. The summed E-state index contributed by atoms with van der Waals surface area (Å²) in [7, 11) is 3.07. The summed E-state index contributed by atoms with van der Waals surface area (Å²) in [5.41, 5.74) is 2.84. The van der Waals surface area contributed by atoms with Crippen LogP contribution >= 0.6 is 0 Å². The first-order valence-electron chi connectivity index (χ1n) is 9.94. The molecule has 1 unspecified atom stereocenters. The smallest absolute Gasteiger partial charge is 0.263 e. The molecule has 0 spiro atoms. The minimum atomic E-state index is -0.751. The predicted molar refractivity (Wildman–Crippen MR) is 113 cm³/mol. The number of amides is 1. The molecule has 3 aromatic rings. The van der Waals surface area contributed by atoms with Gasteiger partial charge in [0.05, 0.1) is 19.6 Å². The highest BCUT2D eigenvalue weighted by Crippen LogP contribution is 2.30. The van der Waals surface area contributed by atoms with E-state index in [2.05, 4.69) is 15.3 Å². The Morgan fingerprint density at radius 2 is 1.90 bits per heavy atom. The predicted octanol–water partition coefficient (Wildman–Crippen LogP) is 2.89. The lowest BCUT2D eigenvalue weighted by atomic mass is 9.95. The number of aryl methyl sites for hydroxylation is 2. The van der Waals surface area contributed by atoms with E-state index in [9.17, 15) is 9.59 Å². The average Bonchev–Trinajstić information content (AvgIpc) is 2.77. The van der Waals surface area contributed by atoms with Gasteiger partial charge in [-0.2, -0.15) is 0 Å². The molecule has 156 valence electrons. The van der Waals surface area contributed by atoms with Crippen molar-refractivity contribution >= 4 is 22.6 Å². The maximum absolute atomic E-state index is 13.1. The summed E-state index contributed by atoms with van der Waals surface area (Å²) in [5.74, 6) is 0.731. The highest BCUT2D eigenvalue weighted by atomic mass is 16.5. The Morgan fingerprint density at radius 3 is 2.67 bits per heavy atom. The Morgan fingerprint density at radius 1 is 1.13 bits per heavy atom. The number of anilines is 1. The SMILES string of the molecule is COc1ccc(NC(=O)C(C)n2cnc3nc4c(cc3c2=O)CCCC4)cc1OC. The first kappa shape index (κ1) is 19.9. The van der Waals surface area contributed by atoms with Crippen LogP contribution in [-0.2, 0) is 17.6 Å². The molecule has 1 aromatic carbocycles. The normalized spacial score (nSPS) is 14.1. The maximum atomic E-state index is 13.1. The van der Waals surface area contributed by atoms with Crippen LogP contribution in [0, 0.1) is 0 Å². The van der Waals surface area contributed by atoms with E-state index in [1.54, 1.807) is 32.2 Å². The Labute approximate surface area is 173 Å². The van der Waals surface area contributed by atoms with Crippen molar-refractivity contribution in [2.45, 2.75) is 38.6 Å². The fraction of sp³-hybridized carbons (Fsp3) is 0.364. The van der Waals surface area contributed by atoms with Crippen molar-refractivity contribution in [3.05, 3.63) is 52.2 Å². The number of benzene rings is 1. The number of carbonyl (C=O) groups is 1. The van der Waals surface area contributed by atoms with Gasteiger partial charge < -0.3 is 14.8 Å². The third kappa shape index (κ3) is 3.60. The first-order valence-corrected chi connectivity index (χ1v) is 9.94. The van der Waals surface area contributed by atoms with E-state index in [-0.39, 0.29) is 11.5 Å². The number of hydrogen-bond donors (Lipinski definition) is 1. The second-order valence-corrected chi connectivity index (χ2v) is 7.36. The van der Waals surface area contributed by atoms with Crippen molar-refractivity contribution < 1.29 is 14.3 Å². The van der Waals surface area contributed by atoms with Gasteiger partial charge in [0.1, 0.15) is 12.4 Å². The van der Waals surface area contributed by atoms with Gasteiger partial charge in [0.15, 0.2) is 17.1 Å². The van der Waals surface area contributed by atoms with E-state index >= 15 is 0 Å². The molecule has 0 saturated carbocycles. The Bertz CT molecular complexity index is 1170. The van der Waals surface area contributed by atoms with Crippen LogP contribution in [0.3, 0.4) is 0 Å². The number of nitrogens with one attached hydrogen (secondary N) is 1. The van der Waals surface area contributed by atoms with Crippen LogP contribution in [0.1, 0.15) is 37.1 Å². The van der Waals surface area contributed by atoms with Gasteiger partial charge in [-0.25, -0.2) is 9.97 Å². The molecule has 8 heteroatoms. The van der Waals surface area contributed by atoms with Crippen molar-refractivity contribution in [2.75, 3.05) is 19.5 Å². The molecule has 1 atom stereocenters. The monoisotopic (exact) mass is 408 g/mol. The average molecular weight is 408 g/mol. The van der Waals surface area contributed by atoms with Crippen molar-refractivity contribution in [2.24, 2.45) is 0 Å². The van der Waals surface area contributed by atoms with Gasteiger partial charge in [-0.1, -0.05) is 0 Å². The van der Waals surface area contributed by atoms with Gasteiger partial charge in [-0.3, -0.25) is 14.2 Å². The largest absolute Gasteiger partial charge is 0.493 e. The van der Waals surface area contributed by atoms with Crippen LogP contribution < -0.4 is 20.3 Å². The van der Waals surface area contributed by atoms with E-state index < -0.39 is 6.04 Å². The number of hydrogen-bond acceptors (Lipinski definition) is 6. The third-order valence-electron chi connectivity index (χ3n) is 5.50. The summed E-state index contributed by atoms with van der Waals surface area (Å²) < 4.78 is 11.8. The van der Waals surface area contributed by atoms with Crippen LogP contribution in [-0.4, -0.2) is 34.7 Å². The number of ether oxygens (including phenoxy) is 2. The van der Waals surface area contributed by atoms with Crippen molar-refractivity contribution in [3.8, 4) is 11.5 Å². The van der Waals surface area contributed by atoms with Crippen LogP contribution in [0.5, 0.6) is 11.5 Å². The van der Waals surface area contributed by atoms with Crippen molar-refractivity contribution in [1.29, 1.82) is 0 Å². The molecular formula is C22H24N4O4. The molecule has 4 rings (SSSR count). The van der Waals surface area contributed by atoms with Crippen molar-refractivity contribution in [3.63, 3.8) is 0 Å². The molecule has 0 bridgehead atoms. The van der Waals surface area contributed by atoms with E-state index in [1.807, 2.05) is 6.07 Å². The van der Waals surface area contributed by atoms with Gasteiger partial charge in [0.2, 0.25) is 5.91 Å². The molecule has 0 fully saturated rings. The molecule has 1 N–H and O–H groups in total. The molecular weight excluding hydrogens is 384 g/mol. The van der Waals surface area contributed by atoms with Crippen LogP contribution in [0.2, 0.25) is 0 Å². The Kier molecular flexibility index (Phi) is 5.39. The number of fused-ring (bicyclic) bond motifs is 2. The molecule has 8 nitrogen and oxygen atoms in total. The summed E-state index contributed by atoms with van der Waals surface area (Å²) >= 11 is 0. The van der Waals surface area contributed by atoms with E-state index in [0.717, 1.165) is 36.9 Å². The highest BCUT2D eigenvalue weighted by Gasteiger charge is 2.20. The summed E-state index contributed by atoms with van der Waals surface area (Å²) in [6.07, 6.45) is 5.43. The van der Waals surface area contributed by atoms with Gasteiger partial charge in [0, 0.05) is 17.4 Å². The van der Waals surface area contributed by atoms with Crippen LogP contribution in [0.15, 0.2) is 35.4 Å². The standard InChI is InChI=1S/C22H24N4O4/c1-13(21(27)24-15-8-9-18(29-2)19(11-15)30-3)26-12-23-20-16(22(26)28)10-14-6-4-5-7-17(14)25-20/h8-13H,4-7H2,1-3H3,(H,24,27). The Hall–Kier alpha value is -3.42. The highest BCUT2D eigenvalue weighted by molar-refractivity contribution is 5.94. The molecule has 2 aromatic heterocycles. The lowest BCUT2D eigenvalue weighted by Gasteiger charge is -2.18. The number of pyridine rings is 1. The second kappa shape index (κ2) is 8.14. The number of rotatable bonds is 5. The van der Waals surface area contributed by atoms with Gasteiger partial charge in [-0.05, 0) is 56.4 Å². The summed E-state index contributed by atoms with van der Waals surface area (Å²) in [5, 5.41) is 3.26. The lowest BCUT2D eigenvalue weighted by molar-refractivity contribution is -0.118. The van der Waals surface area contributed by atoms with E-state index in [1.165, 1.54) is 18.0 Å². The molecule has 1 aliphatic rings. The second-order valence-electron chi connectivity index (χ2n) is 7.36. The summed E-state index contributed by atoms with van der Waals surface area (Å²) in [6, 6.07) is 6.22. The molecule has 1 amide bonds. The van der Waals surface area contributed by atoms with Gasteiger partial charge in [-0.15, -0.1) is 0 Å². The minimum absolute atomic E-state index is 0.268. The lowest BCUT2D eigenvalue weighted by Crippen LogP contribution is -2.32. The number of methoxy groups -OCH3 is 2. The van der Waals surface area contributed by atoms with Crippen LogP contribution in [0.4, 0.5) is 5.69 Å². The van der Waals surface area contributed by atoms with E-state index in [4.69, 9.17) is 9.47 Å². The minimum Gasteiger partial charge on any atom is -0.493 e. The van der Waals surface area contributed by atoms with Gasteiger partial charge >= 0.3 is 0 Å².